The molecule has 102 valence electrons. The summed E-state index contributed by atoms with van der Waals surface area (Å²) in [5.41, 5.74) is 6.39. The van der Waals surface area contributed by atoms with Crippen LogP contribution >= 0.6 is 0 Å². The summed E-state index contributed by atoms with van der Waals surface area (Å²) < 4.78 is 5.92. The number of ether oxygens (including phenoxy) is 1. The van der Waals surface area contributed by atoms with E-state index in [0.717, 1.165) is 50.2 Å². The number of nitrogens with zero attached hydrogens (tertiary/aromatic N) is 1. The molecule has 1 aromatic carbocycles. The van der Waals surface area contributed by atoms with Crippen LogP contribution in [0.4, 0.5) is 5.69 Å². The smallest absolute Gasteiger partial charge is 0.225 e. The average Bonchev–Trinajstić information content (AvgIpc) is 3.26. The van der Waals surface area contributed by atoms with Crippen LogP contribution < -0.4 is 10.5 Å². The average molecular weight is 260 g/mol. The van der Waals surface area contributed by atoms with E-state index in [-0.39, 0.29) is 6.10 Å². The first-order valence-corrected chi connectivity index (χ1v) is 7.03. The monoisotopic (exact) mass is 260 g/mol. The first kappa shape index (κ1) is 12.3. The molecule has 1 aliphatic carbocycles. The molecule has 0 bridgehead atoms. The maximum absolute atomic E-state index is 11.9. The summed E-state index contributed by atoms with van der Waals surface area (Å²) in [6.07, 6.45) is 4.22. The molecule has 19 heavy (non-hydrogen) atoms. The van der Waals surface area contributed by atoms with Gasteiger partial charge in [-0.2, -0.15) is 0 Å². The van der Waals surface area contributed by atoms with Crippen LogP contribution in [0.5, 0.6) is 5.75 Å². The van der Waals surface area contributed by atoms with Crippen LogP contribution in [-0.2, 0) is 4.79 Å². The van der Waals surface area contributed by atoms with Crippen LogP contribution in [0.2, 0.25) is 0 Å². The van der Waals surface area contributed by atoms with E-state index in [1.165, 1.54) is 0 Å². The van der Waals surface area contributed by atoms with E-state index in [0.29, 0.717) is 11.8 Å². The molecule has 1 aliphatic heterocycles. The number of nitrogen functional groups attached to an aromatic ring is 1. The number of piperidine rings is 1. The quantitative estimate of drug-likeness (QED) is 0.846. The fourth-order valence-corrected chi connectivity index (χ4v) is 2.52. The molecule has 2 aliphatic rings. The number of amides is 1. The number of carbonyl (C=O) groups excluding carboxylic acids is 1. The Morgan fingerprint density at radius 3 is 2.32 bits per heavy atom. The predicted octanol–water partition coefficient (Wildman–Crippen LogP) is 2.05. The van der Waals surface area contributed by atoms with E-state index in [2.05, 4.69) is 0 Å². The molecule has 0 spiro atoms. The summed E-state index contributed by atoms with van der Waals surface area (Å²) >= 11 is 0. The normalized spacial score (nSPS) is 20.3. The minimum absolute atomic E-state index is 0.215. The molecule has 1 saturated heterocycles. The lowest BCUT2D eigenvalue weighted by Gasteiger charge is -2.32. The summed E-state index contributed by atoms with van der Waals surface area (Å²) in [7, 11) is 0. The van der Waals surface area contributed by atoms with Crippen molar-refractivity contribution in [2.75, 3.05) is 18.8 Å². The number of benzene rings is 1. The lowest BCUT2D eigenvalue weighted by molar-refractivity contribution is -0.134. The third-order valence-corrected chi connectivity index (χ3v) is 3.86. The van der Waals surface area contributed by atoms with E-state index < -0.39 is 0 Å². The number of anilines is 1. The summed E-state index contributed by atoms with van der Waals surface area (Å²) in [5, 5.41) is 0. The molecule has 1 saturated carbocycles. The van der Waals surface area contributed by atoms with Gasteiger partial charge in [0.2, 0.25) is 5.91 Å². The zero-order valence-electron chi connectivity index (χ0n) is 11.0. The van der Waals surface area contributed by atoms with Crippen LogP contribution in [0.3, 0.4) is 0 Å². The minimum atomic E-state index is 0.215. The molecule has 3 rings (SSSR count). The van der Waals surface area contributed by atoms with Gasteiger partial charge in [0, 0.05) is 37.5 Å². The third-order valence-electron chi connectivity index (χ3n) is 3.86. The van der Waals surface area contributed by atoms with E-state index in [1.54, 1.807) is 0 Å². The summed E-state index contributed by atoms with van der Waals surface area (Å²) in [5.74, 6) is 1.54. The Hall–Kier alpha value is -1.71. The molecular weight excluding hydrogens is 240 g/mol. The van der Waals surface area contributed by atoms with Crippen molar-refractivity contribution in [3.8, 4) is 5.75 Å². The van der Waals surface area contributed by atoms with Crippen LogP contribution in [0.15, 0.2) is 24.3 Å². The van der Waals surface area contributed by atoms with Crippen molar-refractivity contribution < 1.29 is 9.53 Å². The molecule has 4 nitrogen and oxygen atoms in total. The van der Waals surface area contributed by atoms with E-state index in [9.17, 15) is 4.79 Å². The summed E-state index contributed by atoms with van der Waals surface area (Å²) in [6, 6.07) is 7.50. The second-order valence-corrected chi connectivity index (χ2v) is 5.49. The fraction of sp³-hybridized carbons (Fsp3) is 0.533. The Labute approximate surface area is 113 Å². The van der Waals surface area contributed by atoms with Gasteiger partial charge in [-0.05, 0) is 37.1 Å². The lowest BCUT2D eigenvalue weighted by atomic mass is 10.1. The van der Waals surface area contributed by atoms with Crippen molar-refractivity contribution in [3.63, 3.8) is 0 Å². The molecular formula is C15H20N2O2. The second-order valence-electron chi connectivity index (χ2n) is 5.49. The minimum Gasteiger partial charge on any atom is -0.490 e. The molecule has 0 atom stereocenters. The van der Waals surface area contributed by atoms with Gasteiger partial charge in [0.15, 0.2) is 0 Å². The van der Waals surface area contributed by atoms with Crippen LogP contribution in [0.25, 0.3) is 0 Å². The van der Waals surface area contributed by atoms with Gasteiger partial charge < -0.3 is 15.4 Å². The Bertz CT molecular complexity index is 446. The Morgan fingerprint density at radius 2 is 1.74 bits per heavy atom. The highest BCUT2D eigenvalue weighted by Gasteiger charge is 2.35. The maximum Gasteiger partial charge on any atom is 0.225 e. The van der Waals surface area contributed by atoms with Gasteiger partial charge in [-0.1, -0.05) is 0 Å². The van der Waals surface area contributed by atoms with Crippen LogP contribution in [-0.4, -0.2) is 30.0 Å². The van der Waals surface area contributed by atoms with E-state index in [4.69, 9.17) is 10.5 Å². The van der Waals surface area contributed by atoms with Gasteiger partial charge in [0.1, 0.15) is 11.9 Å². The molecule has 0 unspecified atom stereocenters. The molecule has 1 aromatic rings. The molecule has 0 aromatic heterocycles. The Morgan fingerprint density at radius 1 is 1.11 bits per heavy atom. The molecule has 1 heterocycles. The second kappa shape index (κ2) is 5.11. The van der Waals surface area contributed by atoms with E-state index in [1.807, 2.05) is 29.2 Å². The SMILES string of the molecule is Nc1ccc(OC2CCN(C(=O)C3CC3)CC2)cc1. The highest BCUT2D eigenvalue weighted by Crippen LogP contribution is 2.32. The van der Waals surface area contributed by atoms with Gasteiger partial charge in [-0.15, -0.1) is 0 Å². The van der Waals surface area contributed by atoms with Crippen LogP contribution in [0, 0.1) is 5.92 Å². The third kappa shape index (κ3) is 3.00. The van der Waals surface area contributed by atoms with Crippen molar-refractivity contribution in [2.45, 2.75) is 31.8 Å². The van der Waals surface area contributed by atoms with Crippen molar-refractivity contribution in [1.29, 1.82) is 0 Å². The number of nitrogens with two attached hydrogens (primary N) is 1. The standard InChI is InChI=1S/C15H20N2O2/c16-12-3-5-13(6-4-12)19-14-7-9-17(10-8-14)15(18)11-1-2-11/h3-6,11,14H,1-2,7-10,16H2. The molecule has 2 N–H and O–H groups in total. The number of rotatable bonds is 3. The zero-order valence-corrected chi connectivity index (χ0v) is 11.0. The first-order valence-electron chi connectivity index (χ1n) is 7.03. The highest BCUT2D eigenvalue weighted by atomic mass is 16.5. The molecule has 2 fully saturated rings. The Kier molecular flexibility index (Phi) is 3.32. The molecule has 4 heteroatoms. The van der Waals surface area contributed by atoms with Crippen molar-refractivity contribution in [3.05, 3.63) is 24.3 Å². The maximum atomic E-state index is 11.9. The van der Waals surface area contributed by atoms with Gasteiger partial charge in [0.05, 0.1) is 0 Å². The van der Waals surface area contributed by atoms with Gasteiger partial charge in [-0.3, -0.25) is 4.79 Å². The summed E-state index contributed by atoms with van der Waals surface area (Å²) in [4.78, 5) is 13.9. The largest absolute Gasteiger partial charge is 0.490 e. The first-order chi connectivity index (χ1) is 9.22. The molecule has 0 radical (unpaired) electrons. The zero-order chi connectivity index (χ0) is 13.2. The van der Waals surface area contributed by atoms with Crippen LogP contribution in [0.1, 0.15) is 25.7 Å². The van der Waals surface area contributed by atoms with Crippen molar-refractivity contribution >= 4 is 11.6 Å². The Balaban J connectivity index is 1.49. The van der Waals surface area contributed by atoms with Crippen molar-refractivity contribution in [1.82, 2.24) is 4.90 Å². The van der Waals surface area contributed by atoms with Gasteiger partial charge >= 0.3 is 0 Å². The van der Waals surface area contributed by atoms with E-state index >= 15 is 0 Å². The number of carbonyl (C=O) groups is 1. The number of hydrogen-bond acceptors (Lipinski definition) is 3. The highest BCUT2D eigenvalue weighted by molar-refractivity contribution is 5.81. The molecule has 1 amide bonds. The lowest BCUT2D eigenvalue weighted by Crippen LogP contribution is -2.42. The number of hydrogen-bond donors (Lipinski definition) is 1. The topological polar surface area (TPSA) is 55.6 Å². The van der Waals surface area contributed by atoms with Crippen molar-refractivity contribution in [2.24, 2.45) is 5.92 Å². The summed E-state index contributed by atoms with van der Waals surface area (Å²) in [6.45, 7) is 1.66. The van der Waals surface area contributed by atoms with Gasteiger partial charge in [0.25, 0.3) is 0 Å². The fourth-order valence-electron chi connectivity index (χ4n) is 2.52. The number of likely N-dealkylation sites (tertiary alicyclic amines) is 1. The van der Waals surface area contributed by atoms with Gasteiger partial charge in [-0.25, -0.2) is 0 Å². The predicted molar refractivity (Wildman–Crippen MR) is 73.8 cm³/mol.